The van der Waals surface area contributed by atoms with Crippen LogP contribution in [0.25, 0.3) is 0 Å². The van der Waals surface area contributed by atoms with Gasteiger partial charge in [0.25, 0.3) is 0 Å². The summed E-state index contributed by atoms with van der Waals surface area (Å²) >= 11 is 0. The molecule has 2 nitrogen and oxygen atoms in total. The molecule has 1 unspecified atom stereocenters. The molecule has 1 aliphatic rings. The molecular weight excluding hydrogens is 164 g/mol. The van der Waals surface area contributed by atoms with Gasteiger partial charge in [0.15, 0.2) is 0 Å². The zero-order valence-electron chi connectivity index (χ0n) is 8.51. The predicted octanol–water partition coefficient (Wildman–Crippen LogP) is 2.83. The molecule has 0 aliphatic heterocycles. The minimum absolute atomic E-state index is 0.118. The monoisotopic (exact) mass is 182 g/mol. The van der Waals surface area contributed by atoms with Crippen LogP contribution in [0.5, 0.6) is 0 Å². The van der Waals surface area contributed by atoms with Crippen molar-refractivity contribution in [3.05, 3.63) is 11.6 Å². The molecule has 0 saturated carbocycles. The van der Waals surface area contributed by atoms with Gasteiger partial charge in [-0.15, -0.1) is 0 Å². The molecule has 2 heteroatoms. The molecule has 0 bridgehead atoms. The highest BCUT2D eigenvalue weighted by molar-refractivity contribution is 5.66. The second-order valence-electron chi connectivity index (χ2n) is 3.76. The summed E-state index contributed by atoms with van der Waals surface area (Å²) in [6.45, 7) is 3.63. The fourth-order valence-electron chi connectivity index (χ4n) is 1.67. The molecule has 0 aromatic rings. The third-order valence-corrected chi connectivity index (χ3v) is 2.41. The van der Waals surface area contributed by atoms with Crippen LogP contribution in [0.3, 0.4) is 0 Å². The van der Waals surface area contributed by atoms with Crippen LogP contribution < -0.4 is 0 Å². The van der Waals surface area contributed by atoms with Crippen molar-refractivity contribution in [2.24, 2.45) is 0 Å². The summed E-state index contributed by atoms with van der Waals surface area (Å²) in [5.74, 6) is -0.156. The summed E-state index contributed by atoms with van der Waals surface area (Å²) in [5, 5.41) is 0. The molecule has 0 fully saturated rings. The molecule has 74 valence electrons. The maximum absolute atomic E-state index is 10.7. The van der Waals surface area contributed by atoms with Crippen LogP contribution in [-0.4, -0.2) is 12.1 Å². The Labute approximate surface area is 80.0 Å². The van der Waals surface area contributed by atoms with Gasteiger partial charge in [0, 0.05) is 13.3 Å². The molecule has 0 saturated heterocycles. The standard InChI is InChI=1S/C11H18O2/c1-9-5-3-4-6-11(8-7-9)13-10(2)12/h7,11H,3-6,8H2,1-2H3/b9-7-. The summed E-state index contributed by atoms with van der Waals surface area (Å²) in [7, 11) is 0. The number of esters is 1. The van der Waals surface area contributed by atoms with E-state index in [0.717, 1.165) is 12.8 Å². The highest BCUT2D eigenvalue weighted by Crippen LogP contribution is 2.18. The lowest BCUT2D eigenvalue weighted by atomic mass is 9.99. The maximum Gasteiger partial charge on any atom is 0.302 e. The number of carbonyl (C=O) groups is 1. The minimum atomic E-state index is -0.156. The SMILES string of the molecule is CC(=O)OC1C/C=C(/C)CCCC1. The molecule has 1 rings (SSSR count). The first kappa shape index (κ1) is 10.3. The fourth-order valence-corrected chi connectivity index (χ4v) is 1.67. The number of hydrogen-bond donors (Lipinski definition) is 0. The number of rotatable bonds is 1. The number of ether oxygens (including phenoxy) is 1. The predicted molar refractivity (Wildman–Crippen MR) is 52.4 cm³/mol. The van der Waals surface area contributed by atoms with Gasteiger partial charge in [0.2, 0.25) is 0 Å². The zero-order valence-corrected chi connectivity index (χ0v) is 8.51. The summed E-state index contributed by atoms with van der Waals surface area (Å²) in [6, 6.07) is 0. The Morgan fingerprint density at radius 3 is 3.00 bits per heavy atom. The van der Waals surface area contributed by atoms with E-state index in [1.165, 1.54) is 31.8 Å². The molecule has 0 heterocycles. The molecule has 0 amide bonds. The second-order valence-corrected chi connectivity index (χ2v) is 3.76. The summed E-state index contributed by atoms with van der Waals surface area (Å²) in [6.07, 6.45) is 7.82. The highest BCUT2D eigenvalue weighted by atomic mass is 16.5. The van der Waals surface area contributed by atoms with Crippen molar-refractivity contribution in [1.82, 2.24) is 0 Å². The normalized spacial score (nSPS) is 28.2. The summed E-state index contributed by atoms with van der Waals surface area (Å²) in [4.78, 5) is 10.7. The van der Waals surface area contributed by atoms with E-state index in [9.17, 15) is 4.79 Å². The lowest BCUT2D eigenvalue weighted by Gasteiger charge is -2.17. The summed E-state index contributed by atoms with van der Waals surface area (Å²) < 4.78 is 5.19. The van der Waals surface area contributed by atoms with Crippen LogP contribution in [0.4, 0.5) is 0 Å². The fraction of sp³-hybridized carbons (Fsp3) is 0.727. The van der Waals surface area contributed by atoms with Gasteiger partial charge in [0.1, 0.15) is 6.10 Å². The first-order valence-corrected chi connectivity index (χ1v) is 5.01. The van der Waals surface area contributed by atoms with E-state index < -0.39 is 0 Å². The van der Waals surface area contributed by atoms with E-state index in [1.807, 2.05) is 0 Å². The number of hydrogen-bond acceptors (Lipinski definition) is 2. The van der Waals surface area contributed by atoms with Crippen LogP contribution in [0, 0.1) is 0 Å². The van der Waals surface area contributed by atoms with E-state index in [1.54, 1.807) is 0 Å². The van der Waals surface area contributed by atoms with Crippen molar-refractivity contribution in [3.63, 3.8) is 0 Å². The lowest BCUT2D eigenvalue weighted by Crippen LogP contribution is -2.16. The van der Waals surface area contributed by atoms with E-state index in [-0.39, 0.29) is 12.1 Å². The van der Waals surface area contributed by atoms with Crippen molar-refractivity contribution >= 4 is 5.97 Å². The quantitative estimate of drug-likeness (QED) is 0.460. The molecule has 0 aromatic heterocycles. The average Bonchev–Trinajstić information content (AvgIpc) is 2.03. The van der Waals surface area contributed by atoms with Crippen molar-refractivity contribution in [1.29, 1.82) is 0 Å². The largest absolute Gasteiger partial charge is 0.462 e. The Morgan fingerprint density at radius 1 is 1.54 bits per heavy atom. The summed E-state index contributed by atoms with van der Waals surface area (Å²) in [5.41, 5.74) is 1.43. The molecule has 1 atom stereocenters. The highest BCUT2D eigenvalue weighted by Gasteiger charge is 2.12. The Morgan fingerprint density at radius 2 is 2.31 bits per heavy atom. The number of allylic oxidation sites excluding steroid dienone is 1. The first-order chi connectivity index (χ1) is 6.18. The molecule has 0 spiro atoms. The van der Waals surface area contributed by atoms with Crippen molar-refractivity contribution in [2.45, 2.75) is 52.1 Å². The molecule has 0 radical (unpaired) electrons. The van der Waals surface area contributed by atoms with Crippen LogP contribution in [0.15, 0.2) is 11.6 Å². The zero-order chi connectivity index (χ0) is 9.68. The Bertz CT molecular complexity index is 206. The van der Waals surface area contributed by atoms with Gasteiger partial charge in [-0.3, -0.25) is 4.79 Å². The third-order valence-electron chi connectivity index (χ3n) is 2.41. The van der Waals surface area contributed by atoms with Gasteiger partial charge in [0.05, 0.1) is 0 Å². The molecule has 0 N–H and O–H groups in total. The molecular formula is C11H18O2. The van der Waals surface area contributed by atoms with Gasteiger partial charge < -0.3 is 4.74 Å². The van der Waals surface area contributed by atoms with Crippen LogP contribution in [-0.2, 0) is 9.53 Å². The van der Waals surface area contributed by atoms with Crippen LogP contribution in [0.1, 0.15) is 46.0 Å². The second kappa shape index (κ2) is 5.05. The van der Waals surface area contributed by atoms with Crippen molar-refractivity contribution in [3.8, 4) is 0 Å². The molecule has 13 heavy (non-hydrogen) atoms. The first-order valence-electron chi connectivity index (χ1n) is 5.01. The topological polar surface area (TPSA) is 26.3 Å². The minimum Gasteiger partial charge on any atom is -0.462 e. The van der Waals surface area contributed by atoms with Gasteiger partial charge in [-0.05, 0) is 32.6 Å². The molecule has 0 aromatic carbocycles. The third kappa shape index (κ3) is 4.11. The van der Waals surface area contributed by atoms with Crippen molar-refractivity contribution < 1.29 is 9.53 Å². The van der Waals surface area contributed by atoms with Crippen LogP contribution >= 0.6 is 0 Å². The van der Waals surface area contributed by atoms with E-state index in [0.29, 0.717) is 0 Å². The Hall–Kier alpha value is -0.790. The van der Waals surface area contributed by atoms with Gasteiger partial charge in [-0.1, -0.05) is 11.6 Å². The Kier molecular flexibility index (Phi) is 4.00. The van der Waals surface area contributed by atoms with E-state index in [4.69, 9.17) is 4.74 Å². The average molecular weight is 182 g/mol. The van der Waals surface area contributed by atoms with Crippen molar-refractivity contribution in [2.75, 3.05) is 0 Å². The van der Waals surface area contributed by atoms with Gasteiger partial charge in [-0.25, -0.2) is 0 Å². The molecule has 1 aliphatic carbocycles. The van der Waals surface area contributed by atoms with Gasteiger partial charge in [-0.2, -0.15) is 0 Å². The lowest BCUT2D eigenvalue weighted by molar-refractivity contribution is -0.146. The smallest absolute Gasteiger partial charge is 0.302 e. The van der Waals surface area contributed by atoms with E-state index >= 15 is 0 Å². The Balaban J connectivity index is 2.45. The van der Waals surface area contributed by atoms with Crippen LogP contribution in [0.2, 0.25) is 0 Å². The van der Waals surface area contributed by atoms with E-state index in [2.05, 4.69) is 13.0 Å². The van der Waals surface area contributed by atoms with Gasteiger partial charge >= 0.3 is 5.97 Å². The maximum atomic E-state index is 10.7. The number of carbonyl (C=O) groups excluding carboxylic acids is 1.